The Morgan fingerprint density at radius 2 is 2.09 bits per heavy atom. The normalized spacial score (nSPS) is 11.0. The Kier molecular flexibility index (Phi) is 5.91. The molecule has 2 N–H and O–H groups in total. The van der Waals surface area contributed by atoms with Crippen LogP contribution in [0.2, 0.25) is 0 Å². The minimum atomic E-state index is -3.42. The topological polar surface area (TPSA) is 110 Å². The molecule has 8 nitrogen and oxygen atoms in total. The molecule has 11 heteroatoms. The van der Waals surface area contributed by atoms with E-state index in [9.17, 15) is 13.2 Å². The van der Waals surface area contributed by atoms with Gasteiger partial charge >= 0.3 is 0 Å². The number of benzene rings is 1. The van der Waals surface area contributed by atoms with E-state index >= 15 is 0 Å². The number of anilines is 2. The third-order valence-corrected chi connectivity index (χ3v) is 4.28. The van der Waals surface area contributed by atoms with Gasteiger partial charge in [-0.05, 0) is 18.2 Å². The van der Waals surface area contributed by atoms with Gasteiger partial charge in [-0.3, -0.25) is 9.52 Å². The van der Waals surface area contributed by atoms with Crippen LogP contribution in [0.1, 0.15) is 6.42 Å². The SMILES string of the molecule is CS(=O)(=O)Nc1nnc(NC(=O)CCOc2cccc(Br)c2)s1. The van der Waals surface area contributed by atoms with E-state index in [2.05, 4.69) is 36.2 Å². The molecular formula is C12H13BrN4O4S2. The van der Waals surface area contributed by atoms with E-state index in [0.29, 0.717) is 5.75 Å². The van der Waals surface area contributed by atoms with Crippen molar-refractivity contribution in [1.29, 1.82) is 0 Å². The summed E-state index contributed by atoms with van der Waals surface area (Å²) in [5.74, 6) is 0.352. The van der Waals surface area contributed by atoms with Gasteiger partial charge in [-0.1, -0.05) is 33.3 Å². The number of amides is 1. The second-order valence-electron chi connectivity index (χ2n) is 4.39. The number of rotatable bonds is 7. The first-order valence-corrected chi connectivity index (χ1v) is 9.81. The Hall–Kier alpha value is -1.72. The van der Waals surface area contributed by atoms with Crippen LogP contribution in [0.15, 0.2) is 28.7 Å². The first-order chi connectivity index (χ1) is 10.8. The number of nitrogens with zero attached hydrogens (tertiary/aromatic N) is 2. The van der Waals surface area contributed by atoms with E-state index in [-0.39, 0.29) is 29.2 Å². The molecule has 1 amide bonds. The van der Waals surface area contributed by atoms with Crippen LogP contribution >= 0.6 is 27.3 Å². The molecule has 0 aliphatic carbocycles. The molecule has 23 heavy (non-hydrogen) atoms. The van der Waals surface area contributed by atoms with Crippen LogP contribution in [-0.2, 0) is 14.8 Å². The molecule has 0 saturated heterocycles. The van der Waals surface area contributed by atoms with Crippen molar-refractivity contribution in [3.63, 3.8) is 0 Å². The number of ether oxygens (including phenoxy) is 1. The van der Waals surface area contributed by atoms with Crippen LogP contribution in [0.25, 0.3) is 0 Å². The fourth-order valence-corrected chi connectivity index (χ4v) is 3.34. The third kappa shape index (κ3) is 6.50. The van der Waals surface area contributed by atoms with Crippen LogP contribution in [-0.4, -0.2) is 37.4 Å². The standard InChI is InChI=1S/C12H13BrN4O4S2/c1-23(19,20)17-12-16-15-11(22-12)14-10(18)5-6-21-9-4-2-3-8(13)7-9/h2-4,7H,5-6H2,1H3,(H,16,17)(H,14,15,18). The zero-order valence-electron chi connectivity index (χ0n) is 11.9. The number of carbonyl (C=O) groups is 1. The van der Waals surface area contributed by atoms with Crippen molar-refractivity contribution in [2.24, 2.45) is 0 Å². The Morgan fingerprint density at radius 3 is 2.78 bits per heavy atom. The number of aromatic nitrogens is 2. The molecule has 0 fully saturated rings. The van der Waals surface area contributed by atoms with E-state index in [1.54, 1.807) is 12.1 Å². The summed E-state index contributed by atoms with van der Waals surface area (Å²) in [7, 11) is -3.42. The first kappa shape index (κ1) is 17.6. The molecule has 124 valence electrons. The number of nitrogens with one attached hydrogen (secondary N) is 2. The molecule has 1 heterocycles. The van der Waals surface area contributed by atoms with Gasteiger partial charge in [0, 0.05) is 4.47 Å². The van der Waals surface area contributed by atoms with E-state index in [1.807, 2.05) is 12.1 Å². The Balaban J connectivity index is 1.79. The number of carbonyl (C=O) groups excluding carboxylic acids is 1. The molecule has 2 aromatic rings. The maximum Gasteiger partial charge on any atom is 0.231 e. The summed E-state index contributed by atoms with van der Waals surface area (Å²) in [5.41, 5.74) is 0. The lowest BCUT2D eigenvalue weighted by atomic mass is 10.3. The lowest BCUT2D eigenvalue weighted by Crippen LogP contribution is -2.15. The summed E-state index contributed by atoms with van der Waals surface area (Å²) in [6.45, 7) is 0.204. The highest BCUT2D eigenvalue weighted by atomic mass is 79.9. The molecule has 1 aromatic heterocycles. The molecule has 0 bridgehead atoms. The molecular weight excluding hydrogens is 408 g/mol. The Bertz CT molecular complexity index is 794. The van der Waals surface area contributed by atoms with Crippen LogP contribution in [0, 0.1) is 0 Å². The molecule has 0 spiro atoms. The molecule has 0 unspecified atom stereocenters. The van der Waals surface area contributed by atoms with Gasteiger partial charge in [0.1, 0.15) is 5.75 Å². The summed E-state index contributed by atoms with van der Waals surface area (Å²) in [6, 6.07) is 7.29. The number of halogens is 1. The average molecular weight is 421 g/mol. The van der Waals surface area contributed by atoms with Crippen molar-refractivity contribution < 1.29 is 17.9 Å². The van der Waals surface area contributed by atoms with Gasteiger partial charge in [0.15, 0.2) is 0 Å². The number of hydrogen-bond acceptors (Lipinski definition) is 7. The van der Waals surface area contributed by atoms with Crippen LogP contribution in [0.4, 0.5) is 10.3 Å². The van der Waals surface area contributed by atoms with Crippen molar-refractivity contribution in [2.75, 3.05) is 22.9 Å². The minimum Gasteiger partial charge on any atom is -0.493 e. The maximum atomic E-state index is 11.8. The smallest absolute Gasteiger partial charge is 0.231 e. The molecule has 1 aromatic carbocycles. The van der Waals surface area contributed by atoms with Crippen molar-refractivity contribution in [1.82, 2.24) is 10.2 Å². The van der Waals surface area contributed by atoms with Gasteiger partial charge in [-0.15, -0.1) is 10.2 Å². The number of hydrogen-bond donors (Lipinski definition) is 2. The Morgan fingerprint density at radius 1 is 1.35 bits per heavy atom. The fraction of sp³-hybridized carbons (Fsp3) is 0.250. The summed E-state index contributed by atoms with van der Waals surface area (Å²) in [4.78, 5) is 11.8. The monoisotopic (exact) mass is 420 g/mol. The summed E-state index contributed by atoms with van der Waals surface area (Å²) >= 11 is 4.26. The fourth-order valence-electron chi connectivity index (χ4n) is 1.47. The van der Waals surface area contributed by atoms with Gasteiger partial charge < -0.3 is 10.1 Å². The van der Waals surface area contributed by atoms with Crippen molar-refractivity contribution in [3.05, 3.63) is 28.7 Å². The quantitative estimate of drug-likeness (QED) is 0.709. The predicted octanol–water partition coefficient (Wildman–Crippen LogP) is 2.08. The van der Waals surface area contributed by atoms with Crippen molar-refractivity contribution >= 4 is 53.5 Å². The zero-order chi connectivity index (χ0) is 16.9. The van der Waals surface area contributed by atoms with E-state index in [4.69, 9.17) is 4.74 Å². The van der Waals surface area contributed by atoms with Gasteiger partial charge in [-0.25, -0.2) is 8.42 Å². The largest absolute Gasteiger partial charge is 0.493 e. The lowest BCUT2D eigenvalue weighted by Gasteiger charge is -2.06. The van der Waals surface area contributed by atoms with Gasteiger partial charge in [0.25, 0.3) is 0 Å². The molecule has 0 aliphatic rings. The minimum absolute atomic E-state index is 0.0909. The van der Waals surface area contributed by atoms with Crippen molar-refractivity contribution in [3.8, 4) is 5.75 Å². The lowest BCUT2D eigenvalue weighted by molar-refractivity contribution is -0.116. The summed E-state index contributed by atoms with van der Waals surface area (Å²) in [5, 5.41) is 10.1. The zero-order valence-corrected chi connectivity index (χ0v) is 15.2. The number of sulfonamides is 1. The predicted molar refractivity (Wildman–Crippen MR) is 91.3 cm³/mol. The highest BCUT2D eigenvalue weighted by Crippen LogP contribution is 2.21. The molecule has 0 atom stereocenters. The van der Waals surface area contributed by atoms with Crippen molar-refractivity contribution in [2.45, 2.75) is 6.42 Å². The van der Waals surface area contributed by atoms with Gasteiger partial charge in [0.2, 0.25) is 26.2 Å². The third-order valence-electron chi connectivity index (χ3n) is 2.34. The summed E-state index contributed by atoms with van der Waals surface area (Å²) < 4.78 is 30.6. The van der Waals surface area contributed by atoms with Crippen LogP contribution < -0.4 is 14.8 Å². The second-order valence-corrected chi connectivity index (χ2v) is 8.03. The second kappa shape index (κ2) is 7.70. The van der Waals surface area contributed by atoms with Gasteiger partial charge in [0.05, 0.1) is 19.3 Å². The maximum absolute atomic E-state index is 11.8. The average Bonchev–Trinajstić information content (AvgIpc) is 2.83. The van der Waals surface area contributed by atoms with E-state index in [0.717, 1.165) is 22.1 Å². The highest BCUT2D eigenvalue weighted by Gasteiger charge is 2.11. The van der Waals surface area contributed by atoms with Crippen LogP contribution in [0.5, 0.6) is 5.75 Å². The summed E-state index contributed by atoms with van der Waals surface area (Å²) in [6.07, 6.45) is 1.13. The molecule has 0 radical (unpaired) electrons. The van der Waals surface area contributed by atoms with E-state index < -0.39 is 10.0 Å². The van der Waals surface area contributed by atoms with E-state index in [1.165, 1.54) is 0 Å². The first-order valence-electron chi connectivity index (χ1n) is 6.31. The highest BCUT2D eigenvalue weighted by molar-refractivity contribution is 9.10. The Labute approximate surface area is 145 Å². The molecule has 0 aliphatic heterocycles. The van der Waals surface area contributed by atoms with Crippen LogP contribution in [0.3, 0.4) is 0 Å². The molecule has 2 rings (SSSR count). The van der Waals surface area contributed by atoms with Gasteiger partial charge in [-0.2, -0.15) is 0 Å². The molecule has 0 saturated carbocycles.